The van der Waals surface area contributed by atoms with Crippen LogP contribution in [0.1, 0.15) is 23.2 Å². The Morgan fingerprint density at radius 3 is 2.61 bits per heavy atom. The maximum absolute atomic E-state index is 12.3. The van der Waals surface area contributed by atoms with E-state index < -0.39 is 0 Å². The van der Waals surface area contributed by atoms with E-state index in [-0.39, 0.29) is 5.91 Å². The molecule has 0 aromatic heterocycles. The Hall–Kier alpha value is -1.83. The van der Waals surface area contributed by atoms with Crippen molar-refractivity contribution < 1.29 is 4.79 Å². The molecule has 0 bridgehead atoms. The van der Waals surface area contributed by atoms with Gasteiger partial charge in [-0.1, -0.05) is 30.3 Å². The molecule has 2 heteroatoms. The highest BCUT2D eigenvalue weighted by molar-refractivity contribution is 5.98. The molecule has 1 aliphatic rings. The predicted molar refractivity (Wildman–Crippen MR) is 73.6 cm³/mol. The molecule has 2 aromatic rings. The number of carbonyl (C=O) groups excluding carboxylic acids is 1. The average molecular weight is 239 g/mol. The van der Waals surface area contributed by atoms with Gasteiger partial charge in [0.05, 0.1) is 0 Å². The normalized spacial score (nSPS) is 14.7. The number of amides is 1. The summed E-state index contributed by atoms with van der Waals surface area (Å²) in [6, 6.07) is 14.1. The Labute approximate surface area is 107 Å². The van der Waals surface area contributed by atoms with E-state index in [1.165, 1.54) is 18.2 Å². The molecule has 1 aliphatic carbocycles. The Morgan fingerprint density at radius 2 is 1.89 bits per heavy atom. The first-order chi connectivity index (χ1) is 8.74. The van der Waals surface area contributed by atoms with E-state index in [4.69, 9.17) is 0 Å². The molecule has 0 heterocycles. The second kappa shape index (κ2) is 4.45. The monoisotopic (exact) mass is 239 g/mol. The third-order valence-electron chi connectivity index (χ3n) is 3.57. The molecule has 0 atom stereocenters. The van der Waals surface area contributed by atoms with Gasteiger partial charge in [0.25, 0.3) is 5.91 Å². The summed E-state index contributed by atoms with van der Waals surface area (Å²) in [4.78, 5) is 14.1. The smallest absolute Gasteiger partial charge is 0.253 e. The number of benzene rings is 2. The minimum Gasteiger partial charge on any atom is -0.341 e. The fourth-order valence-corrected chi connectivity index (χ4v) is 2.31. The summed E-state index contributed by atoms with van der Waals surface area (Å²) in [5, 5.41) is 2.31. The van der Waals surface area contributed by atoms with E-state index in [1.807, 2.05) is 48.3 Å². The molecule has 0 unspecified atom stereocenters. The van der Waals surface area contributed by atoms with Gasteiger partial charge in [0.15, 0.2) is 0 Å². The number of nitrogens with zero attached hydrogens (tertiary/aromatic N) is 1. The Balaban J connectivity index is 1.86. The zero-order valence-electron chi connectivity index (χ0n) is 10.6. The Morgan fingerprint density at radius 1 is 1.17 bits per heavy atom. The van der Waals surface area contributed by atoms with E-state index in [2.05, 4.69) is 6.07 Å². The van der Waals surface area contributed by atoms with Crippen molar-refractivity contribution in [1.29, 1.82) is 0 Å². The zero-order chi connectivity index (χ0) is 12.5. The van der Waals surface area contributed by atoms with Crippen LogP contribution in [-0.4, -0.2) is 24.4 Å². The Kier molecular flexibility index (Phi) is 2.78. The van der Waals surface area contributed by atoms with Gasteiger partial charge in [0.2, 0.25) is 0 Å². The molecule has 0 radical (unpaired) electrons. The molecule has 0 saturated heterocycles. The second-order valence-corrected chi connectivity index (χ2v) is 5.19. The van der Waals surface area contributed by atoms with Gasteiger partial charge >= 0.3 is 0 Å². The van der Waals surface area contributed by atoms with Gasteiger partial charge < -0.3 is 4.90 Å². The molecule has 0 spiro atoms. The molecule has 0 N–H and O–H groups in total. The quantitative estimate of drug-likeness (QED) is 0.804. The molecule has 3 rings (SSSR count). The van der Waals surface area contributed by atoms with Crippen LogP contribution in [-0.2, 0) is 0 Å². The molecule has 1 amide bonds. The van der Waals surface area contributed by atoms with Gasteiger partial charge in [-0.05, 0) is 41.7 Å². The third kappa shape index (κ3) is 2.23. The maximum atomic E-state index is 12.3. The lowest BCUT2D eigenvalue weighted by Crippen LogP contribution is -2.28. The fraction of sp³-hybridized carbons (Fsp3) is 0.312. The molecular weight excluding hydrogens is 222 g/mol. The van der Waals surface area contributed by atoms with E-state index in [9.17, 15) is 4.79 Å². The minimum absolute atomic E-state index is 0.132. The van der Waals surface area contributed by atoms with Crippen LogP contribution in [0.2, 0.25) is 0 Å². The lowest BCUT2D eigenvalue weighted by molar-refractivity contribution is 0.0789. The predicted octanol–water partition coefficient (Wildman–Crippen LogP) is 3.32. The summed E-state index contributed by atoms with van der Waals surface area (Å²) in [5.41, 5.74) is 0.789. The van der Waals surface area contributed by atoms with Gasteiger partial charge in [-0.2, -0.15) is 0 Å². The van der Waals surface area contributed by atoms with Crippen molar-refractivity contribution in [2.75, 3.05) is 13.6 Å². The third-order valence-corrected chi connectivity index (χ3v) is 3.57. The van der Waals surface area contributed by atoms with Crippen LogP contribution >= 0.6 is 0 Å². The standard InChI is InChI=1S/C16H17NO/c1-17(11-12-6-7-12)16(18)15-9-8-13-4-2-3-5-14(13)10-15/h2-5,8-10,12H,6-7,11H2,1H3. The van der Waals surface area contributed by atoms with Crippen LogP contribution in [0.15, 0.2) is 42.5 Å². The molecule has 1 fully saturated rings. The molecule has 92 valence electrons. The number of carbonyl (C=O) groups is 1. The van der Waals surface area contributed by atoms with E-state index in [1.54, 1.807) is 0 Å². The van der Waals surface area contributed by atoms with Crippen molar-refractivity contribution in [2.45, 2.75) is 12.8 Å². The highest BCUT2D eigenvalue weighted by Crippen LogP contribution is 2.29. The van der Waals surface area contributed by atoms with Crippen molar-refractivity contribution in [1.82, 2.24) is 4.90 Å². The molecular formula is C16H17NO. The first kappa shape index (κ1) is 11.3. The lowest BCUT2D eigenvalue weighted by atomic mass is 10.1. The van der Waals surface area contributed by atoms with Crippen molar-refractivity contribution in [2.24, 2.45) is 5.92 Å². The highest BCUT2D eigenvalue weighted by Gasteiger charge is 2.25. The van der Waals surface area contributed by atoms with Crippen LogP contribution in [0.5, 0.6) is 0 Å². The number of hydrogen-bond acceptors (Lipinski definition) is 1. The summed E-state index contributed by atoms with van der Waals surface area (Å²) in [6.07, 6.45) is 2.55. The van der Waals surface area contributed by atoms with Crippen LogP contribution in [0.3, 0.4) is 0 Å². The van der Waals surface area contributed by atoms with Gasteiger partial charge in [-0.3, -0.25) is 4.79 Å². The van der Waals surface area contributed by atoms with Gasteiger partial charge in [0.1, 0.15) is 0 Å². The molecule has 0 aliphatic heterocycles. The Bertz CT molecular complexity index is 586. The first-order valence-electron chi connectivity index (χ1n) is 6.48. The molecule has 1 saturated carbocycles. The van der Waals surface area contributed by atoms with E-state index in [0.717, 1.165) is 23.4 Å². The summed E-state index contributed by atoms with van der Waals surface area (Å²) in [7, 11) is 1.90. The van der Waals surface area contributed by atoms with Crippen molar-refractivity contribution >= 4 is 16.7 Å². The van der Waals surface area contributed by atoms with Crippen LogP contribution < -0.4 is 0 Å². The van der Waals surface area contributed by atoms with E-state index in [0.29, 0.717) is 0 Å². The summed E-state index contributed by atoms with van der Waals surface area (Å²) >= 11 is 0. The van der Waals surface area contributed by atoms with Gasteiger partial charge in [0, 0.05) is 19.2 Å². The summed E-state index contributed by atoms with van der Waals surface area (Å²) in [5.74, 6) is 0.868. The average Bonchev–Trinajstić information content (AvgIpc) is 3.21. The summed E-state index contributed by atoms with van der Waals surface area (Å²) < 4.78 is 0. The first-order valence-corrected chi connectivity index (χ1v) is 6.48. The van der Waals surface area contributed by atoms with Crippen LogP contribution in [0.4, 0.5) is 0 Å². The highest BCUT2D eigenvalue weighted by atomic mass is 16.2. The molecule has 2 nitrogen and oxygen atoms in total. The van der Waals surface area contributed by atoms with Gasteiger partial charge in [-0.25, -0.2) is 0 Å². The SMILES string of the molecule is CN(CC1CC1)C(=O)c1ccc2ccccc2c1. The molecule has 18 heavy (non-hydrogen) atoms. The van der Waals surface area contributed by atoms with Crippen molar-refractivity contribution in [3.63, 3.8) is 0 Å². The largest absolute Gasteiger partial charge is 0.341 e. The van der Waals surface area contributed by atoms with Crippen molar-refractivity contribution in [3.8, 4) is 0 Å². The number of hydrogen-bond donors (Lipinski definition) is 0. The van der Waals surface area contributed by atoms with E-state index >= 15 is 0 Å². The number of fused-ring (bicyclic) bond motifs is 1. The minimum atomic E-state index is 0.132. The van der Waals surface area contributed by atoms with Gasteiger partial charge in [-0.15, -0.1) is 0 Å². The fourth-order valence-electron chi connectivity index (χ4n) is 2.31. The number of rotatable bonds is 3. The zero-order valence-corrected chi connectivity index (χ0v) is 10.6. The molecule has 2 aromatic carbocycles. The van der Waals surface area contributed by atoms with Crippen molar-refractivity contribution in [3.05, 3.63) is 48.0 Å². The topological polar surface area (TPSA) is 20.3 Å². The second-order valence-electron chi connectivity index (χ2n) is 5.19. The van der Waals surface area contributed by atoms with Crippen LogP contribution in [0, 0.1) is 5.92 Å². The maximum Gasteiger partial charge on any atom is 0.253 e. The van der Waals surface area contributed by atoms with Crippen LogP contribution in [0.25, 0.3) is 10.8 Å². The summed E-state index contributed by atoms with van der Waals surface area (Å²) in [6.45, 7) is 0.895. The lowest BCUT2D eigenvalue weighted by Gasteiger charge is -2.17.